The van der Waals surface area contributed by atoms with E-state index in [2.05, 4.69) is 0 Å². The number of rotatable bonds is 4. The fourth-order valence-corrected chi connectivity index (χ4v) is 4.26. The van der Waals surface area contributed by atoms with Crippen LogP contribution in [0.3, 0.4) is 0 Å². The molecule has 30 heavy (non-hydrogen) atoms. The SMILES string of the molecule is Fc1cccc([B-](c2cccc(F)c2)(c2cccc(F)c2)c2cccc(F)c2)c1.[Na+]. The third-order valence-corrected chi connectivity index (χ3v) is 5.39. The maximum absolute atomic E-state index is 14.3. The van der Waals surface area contributed by atoms with Gasteiger partial charge in [0.15, 0.2) is 0 Å². The zero-order valence-electron chi connectivity index (χ0n) is 16.3. The van der Waals surface area contributed by atoms with Crippen molar-refractivity contribution in [2.24, 2.45) is 0 Å². The predicted octanol–water partition coefficient (Wildman–Crippen LogP) is 0.624. The molecule has 0 atom stereocenters. The molecular weight excluding hydrogens is 398 g/mol. The van der Waals surface area contributed by atoms with E-state index in [9.17, 15) is 17.6 Å². The van der Waals surface area contributed by atoms with Gasteiger partial charge < -0.3 is 0 Å². The van der Waals surface area contributed by atoms with Crippen LogP contribution in [0.25, 0.3) is 0 Å². The van der Waals surface area contributed by atoms with Crippen molar-refractivity contribution in [1.29, 1.82) is 0 Å². The van der Waals surface area contributed by atoms with Crippen LogP contribution in [-0.4, -0.2) is 6.15 Å². The topological polar surface area (TPSA) is 0 Å². The number of hydrogen-bond acceptors (Lipinski definition) is 0. The van der Waals surface area contributed by atoms with Crippen LogP contribution in [0.4, 0.5) is 17.6 Å². The Kier molecular flexibility index (Phi) is 6.86. The number of benzene rings is 4. The average Bonchev–Trinajstić information content (AvgIpc) is 2.69. The van der Waals surface area contributed by atoms with Crippen molar-refractivity contribution in [3.63, 3.8) is 0 Å². The van der Waals surface area contributed by atoms with Crippen LogP contribution >= 0.6 is 0 Å². The van der Waals surface area contributed by atoms with Gasteiger partial charge in [-0.3, -0.25) is 0 Å². The van der Waals surface area contributed by atoms with Gasteiger partial charge in [0.1, 0.15) is 29.4 Å². The van der Waals surface area contributed by atoms with E-state index in [1.807, 2.05) is 0 Å². The van der Waals surface area contributed by atoms with Crippen LogP contribution < -0.4 is 51.4 Å². The van der Waals surface area contributed by atoms with E-state index < -0.39 is 29.4 Å². The Morgan fingerprint density at radius 3 is 0.833 bits per heavy atom. The van der Waals surface area contributed by atoms with Crippen molar-refractivity contribution in [1.82, 2.24) is 0 Å². The van der Waals surface area contributed by atoms with Crippen molar-refractivity contribution in [2.75, 3.05) is 0 Å². The van der Waals surface area contributed by atoms with Crippen LogP contribution in [-0.2, 0) is 0 Å². The van der Waals surface area contributed by atoms with E-state index in [4.69, 9.17) is 0 Å². The fraction of sp³-hybridized carbons (Fsp3) is 0. The third-order valence-electron chi connectivity index (χ3n) is 5.39. The molecule has 0 saturated carbocycles. The molecule has 0 aliphatic rings. The van der Waals surface area contributed by atoms with Crippen molar-refractivity contribution in [2.45, 2.75) is 0 Å². The van der Waals surface area contributed by atoms with E-state index >= 15 is 0 Å². The molecule has 0 amide bonds. The summed E-state index contributed by atoms with van der Waals surface area (Å²) in [7, 11) is 0. The first-order chi connectivity index (χ1) is 14.0. The second kappa shape index (κ2) is 9.21. The Bertz CT molecular complexity index is 991. The van der Waals surface area contributed by atoms with E-state index in [0.29, 0.717) is 21.9 Å². The van der Waals surface area contributed by atoms with E-state index in [0.717, 1.165) is 0 Å². The van der Waals surface area contributed by atoms with Crippen molar-refractivity contribution in [3.8, 4) is 0 Å². The molecule has 0 unspecified atom stereocenters. The second-order valence-electron chi connectivity index (χ2n) is 7.09. The third kappa shape index (κ3) is 4.11. The Morgan fingerprint density at radius 2 is 0.633 bits per heavy atom. The van der Waals surface area contributed by atoms with Crippen LogP contribution in [0.15, 0.2) is 97.1 Å². The number of hydrogen-bond donors (Lipinski definition) is 0. The van der Waals surface area contributed by atoms with Crippen LogP contribution in [0.2, 0.25) is 0 Å². The Balaban J connectivity index is 0.00000256. The van der Waals surface area contributed by atoms with Gasteiger partial charge in [-0.25, -0.2) is 17.6 Å². The van der Waals surface area contributed by atoms with Gasteiger partial charge in [0, 0.05) is 0 Å². The van der Waals surface area contributed by atoms with Crippen LogP contribution in [0.1, 0.15) is 0 Å². The maximum Gasteiger partial charge on any atom is 1.00 e. The fourth-order valence-electron chi connectivity index (χ4n) is 4.26. The minimum absolute atomic E-state index is 0. The second-order valence-corrected chi connectivity index (χ2v) is 7.09. The average molecular weight is 414 g/mol. The molecular formula is C24H16BF4Na. The molecule has 0 nitrogen and oxygen atoms in total. The maximum atomic E-state index is 14.3. The van der Waals surface area contributed by atoms with E-state index in [1.54, 1.807) is 48.5 Å². The van der Waals surface area contributed by atoms with Gasteiger partial charge >= 0.3 is 29.6 Å². The summed E-state index contributed by atoms with van der Waals surface area (Å²) >= 11 is 0. The molecule has 4 rings (SSSR count). The summed E-state index contributed by atoms with van der Waals surface area (Å²) in [5.41, 5.74) is 1.97. The molecule has 0 saturated heterocycles. The van der Waals surface area contributed by atoms with Crippen molar-refractivity contribution in [3.05, 3.63) is 120 Å². The largest absolute Gasteiger partial charge is 1.00 e. The van der Waals surface area contributed by atoms with Gasteiger partial charge in [-0.05, 0) is 24.3 Å². The van der Waals surface area contributed by atoms with Crippen LogP contribution in [0.5, 0.6) is 0 Å². The monoisotopic (exact) mass is 414 g/mol. The molecule has 0 spiro atoms. The first-order valence-corrected chi connectivity index (χ1v) is 9.20. The first-order valence-electron chi connectivity index (χ1n) is 9.20. The molecule has 0 aliphatic carbocycles. The standard InChI is InChI=1S/C24H16BF4.Na/c26-21-9-1-5-17(13-21)25(18-6-2-10-22(27)14-18,19-7-3-11-23(28)15-19)20-8-4-12-24(29)16-20;/h1-16H;/q-1;+1. The minimum Gasteiger partial charge on any atom is -0.207 e. The summed E-state index contributed by atoms with van der Waals surface area (Å²) < 4.78 is 57.1. The normalized spacial score (nSPS) is 11.1. The molecule has 0 fully saturated rings. The molecule has 0 N–H and O–H groups in total. The van der Waals surface area contributed by atoms with E-state index in [-0.39, 0.29) is 29.6 Å². The first kappa shape index (κ1) is 22.4. The summed E-state index contributed by atoms with van der Waals surface area (Å²) in [6, 6.07) is 23.5. The van der Waals surface area contributed by atoms with Crippen molar-refractivity contribution < 1.29 is 47.1 Å². The summed E-state index contributed by atoms with van der Waals surface area (Å²) in [6.45, 7) is 0. The molecule has 0 aliphatic heterocycles. The molecule has 0 aromatic heterocycles. The molecule has 0 heterocycles. The Labute approximate surface area is 194 Å². The Hall–Kier alpha value is -2.34. The summed E-state index contributed by atoms with van der Waals surface area (Å²) in [6.07, 6.45) is -2.25. The Morgan fingerprint density at radius 1 is 0.400 bits per heavy atom. The van der Waals surface area contributed by atoms with Gasteiger partial charge in [0.25, 0.3) is 0 Å². The minimum atomic E-state index is -2.25. The molecule has 144 valence electrons. The molecule has 0 bridgehead atoms. The van der Waals surface area contributed by atoms with Gasteiger partial charge in [-0.15, -0.1) is 0 Å². The van der Waals surface area contributed by atoms with E-state index in [1.165, 1.54) is 48.5 Å². The van der Waals surface area contributed by atoms with Crippen molar-refractivity contribution >= 4 is 28.0 Å². The van der Waals surface area contributed by atoms with Gasteiger partial charge in [0.05, 0.1) is 0 Å². The number of halogens is 4. The van der Waals surface area contributed by atoms with Gasteiger partial charge in [-0.2, -0.15) is 21.9 Å². The zero-order chi connectivity index (χ0) is 20.4. The summed E-state index contributed by atoms with van der Waals surface area (Å²) in [5, 5.41) is 0. The quantitative estimate of drug-likeness (QED) is 0.340. The zero-order valence-corrected chi connectivity index (χ0v) is 18.3. The smallest absolute Gasteiger partial charge is 0.207 e. The van der Waals surface area contributed by atoms with Crippen LogP contribution in [0, 0.1) is 23.3 Å². The molecule has 4 aromatic carbocycles. The van der Waals surface area contributed by atoms with Gasteiger partial charge in [-0.1, -0.05) is 72.8 Å². The summed E-state index contributed by atoms with van der Waals surface area (Å²) in [4.78, 5) is 0. The molecule has 0 radical (unpaired) electrons. The van der Waals surface area contributed by atoms with Gasteiger partial charge in [0.2, 0.25) is 0 Å². The molecule has 4 aromatic rings. The predicted molar refractivity (Wildman–Crippen MR) is 110 cm³/mol. The summed E-state index contributed by atoms with van der Waals surface area (Å²) in [5.74, 6) is -1.95. The molecule has 6 heteroatoms.